The number of likely N-dealkylation sites (N-methyl/N-ethyl adjacent to an activating group) is 1. The van der Waals surface area contributed by atoms with Crippen LogP contribution in [0.2, 0.25) is 0 Å². The Morgan fingerprint density at radius 1 is 1.14 bits per heavy atom. The lowest BCUT2D eigenvalue weighted by molar-refractivity contribution is -0.119. The number of nitrogens with zero attached hydrogens (tertiary/aromatic N) is 6. The molecule has 2 amide bonds. The Morgan fingerprint density at radius 3 is 2.49 bits per heavy atom. The summed E-state index contributed by atoms with van der Waals surface area (Å²) in [6.07, 6.45) is 6.88. The highest BCUT2D eigenvalue weighted by molar-refractivity contribution is 6.04. The molecular formula is C26H33N7O4. The molecule has 0 radical (unpaired) electrons. The number of hydrogen-bond donors (Lipinski definition) is 1. The summed E-state index contributed by atoms with van der Waals surface area (Å²) in [5.41, 5.74) is 0.341. The van der Waals surface area contributed by atoms with Crippen molar-refractivity contribution in [3.63, 3.8) is 0 Å². The molecule has 1 aliphatic rings. The number of benzene rings is 1. The molecule has 0 aliphatic heterocycles. The molecule has 1 N–H and O–H groups in total. The molecule has 0 unspecified atom stereocenters. The van der Waals surface area contributed by atoms with E-state index in [4.69, 9.17) is 9.47 Å². The largest absolute Gasteiger partial charge is 0.491 e. The minimum atomic E-state index is -0.352. The maximum Gasteiger partial charge on any atom is 0.257 e. The van der Waals surface area contributed by atoms with Crippen molar-refractivity contribution in [2.75, 3.05) is 37.4 Å². The normalized spacial score (nSPS) is 13.1. The molecule has 0 bridgehead atoms. The van der Waals surface area contributed by atoms with Crippen LogP contribution in [0.3, 0.4) is 0 Å². The fraction of sp³-hybridized carbons (Fsp3) is 0.423. The van der Waals surface area contributed by atoms with E-state index in [1.807, 2.05) is 32.8 Å². The second-order valence-electron chi connectivity index (χ2n) is 9.69. The molecule has 1 saturated carbocycles. The SMILES string of the molecule is CC(C)Oc1cc(Oc2cnc(N(CC3CC3)C(=O)CN(C)C)cn2)cc(C(=O)Nc2ccn(C)n2)c1. The molecule has 0 saturated heterocycles. The first kappa shape index (κ1) is 26.1. The number of rotatable bonds is 11. The molecule has 3 aromatic rings. The van der Waals surface area contributed by atoms with Gasteiger partial charge in [0.1, 0.15) is 11.5 Å². The van der Waals surface area contributed by atoms with E-state index in [0.717, 1.165) is 12.8 Å². The molecule has 2 aromatic heterocycles. The Labute approximate surface area is 216 Å². The zero-order valence-electron chi connectivity index (χ0n) is 21.8. The van der Waals surface area contributed by atoms with Crippen LogP contribution in [0.5, 0.6) is 17.4 Å². The minimum Gasteiger partial charge on any atom is -0.491 e. The van der Waals surface area contributed by atoms with Crippen molar-refractivity contribution in [3.8, 4) is 17.4 Å². The van der Waals surface area contributed by atoms with Crippen molar-refractivity contribution in [1.29, 1.82) is 0 Å². The zero-order chi connectivity index (χ0) is 26.5. The summed E-state index contributed by atoms with van der Waals surface area (Å²) in [7, 11) is 5.49. The van der Waals surface area contributed by atoms with Gasteiger partial charge >= 0.3 is 0 Å². The van der Waals surface area contributed by atoms with Gasteiger partial charge in [0.2, 0.25) is 11.8 Å². The van der Waals surface area contributed by atoms with Gasteiger partial charge in [-0.2, -0.15) is 5.10 Å². The lowest BCUT2D eigenvalue weighted by atomic mass is 10.2. The lowest BCUT2D eigenvalue weighted by Crippen LogP contribution is -2.39. The lowest BCUT2D eigenvalue weighted by Gasteiger charge is -2.23. The van der Waals surface area contributed by atoms with Gasteiger partial charge in [0.25, 0.3) is 5.91 Å². The maximum atomic E-state index is 12.9. The topological polar surface area (TPSA) is 115 Å². The van der Waals surface area contributed by atoms with Gasteiger partial charge in [-0.3, -0.25) is 19.2 Å². The van der Waals surface area contributed by atoms with Crippen LogP contribution in [0.4, 0.5) is 11.6 Å². The zero-order valence-corrected chi connectivity index (χ0v) is 21.8. The summed E-state index contributed by atoms with van der Waals surface area (Å²) < 4.78 is 13.4. The Kier molecular flexibility index (Phi) is 8.02. The molecule has 4 rings (SSSR count). The molecule has 37 heavy (non-hydrogen) atoms. The van der Waals surface area contributed by atoms with Crippen molar-refractivity contribution in [2.45, 2.75) is 32.8 Å². The average molecular weight is 508 g/mol. The van der Waals surface area contributed by atoms with E-state index in [-0.39, 0.29) is 23.8 Å². The number of amides is 2. The van der Waals surface area contributed by atoms with Crippen LogP contribution >= 0.6 is 0 Å². The second kappa shape index (κ2) is 11.4. The molecule has 0 atom stereocenters. The van der Waals surface area contributed by atoms with E-state index in [1.54, 1.807) is 47.1 Å². The molecule has 0 spiro atoms. The highest BCUT2D eigenvalue weighted by atomic mass is 16.5. The van der Waals surface area contributed by atoms with Crippen LogP contribution in [-0.2, 0) is 11.8 Å². The van der Waals surface area contributed by atoms with Crippen molar-refractivity contribution in [3.05, 3.63) is 48.4 Å². The predicted molar refractivity (Wildman–Crippen MR) is 139 cm³/mol. The minimum absolute atomic E-state index is 0.0260. The standard InChI is InChI=1S/C26H33N7O4/c1-17(2)36-20-10-19(26(35)29-22-8-9-32(5)30-22)11-21(12-20)37-24-14-27-23(13-28-24)33(15-18-6-7-18)25(34)16-31(3)4/h8-14,17-18H,6-7,15-16H2,1-5H3,(H,29,30,35). The first-order valence-electron chi connectivity index (χ1n) is 12.2. The van der Waals surface area contributed by atoms with Gasteiger partial charge in [0.15, 0.2) is 11.6 Å². The number of ether oxygens (including phenoxy) is 2. The predicted octanol–water partition coefficient (Wildman–Crippen LogP) is 3.35. The number of hydrogen-bond acceptors (Lipinski definition) is 8. The molecule has 2 heterocycles. The van der Waals surface area contributed by atoms with Gasteiger partial charge < -0.3 is 19.7 Å². The van der Waals surface area contributed by atoms with Crippen LogP contribution in [0, 0.1) is 5.92 Å². The Bertz CT molecular complexity index is 1240. The fourth-order valence-electron chi connectivity index (χ4n) is 3.63. The summed E-state index contributed by atoms with van der Waals surface area (Å²) in [6, 6.07) is 6.64. The molecule has 1 aliphatic carbocycles. The Morgan fingerprint density at radius 2 is 1.89 bits per heavy atom. The molecule has 11 nitrogen and oxygen atoms in total. The van der Waals surface area contributed by atoms with Crippen LogP contribution in [0.1, 0.15) is 37.0 Å². The van der Waals surface area contributed by atoms with Crippen molar-refractivity contribution in [1.82, 2.24) is 24.6 Å². The smallest absolute Gasteiger partial charge is 0.257 e. The number of carbonyl (C=O) groups excluding carboxylic acids is 2. The quantitative estimate of drug-likeness (QED) is 0.420. The van der Waals surface area contributed by atoms with Crippen LogP contribution in [-0.4, -0.2) is 69.8 Å². The number of aryl methyl sites for hydroxylation is 1. The highest BCUT2D eigenvalue weighted by Crippen LogP contribution is 2.32. The van der Waals surface area contributed by atoms with E-state index in [0.29, 0.717) is 47.7 Å². The van der Waals surface area contributed by atoms with Gasteiger partial charge in [-0.15, -0.1) is 0 Å². The molecule has 196 valence electrons. The van der Waals surface area contributed by atoms with Gasteiger partial charge in [-0.05, 0) is 58.8 Å². The highest BCUT2D eigenvalue weighted by Gasteiger charge is 2.28. The third-order valence-corrected chi connectivity index (χ3v) is 5.47. The Balaban J connectivity index is 1.52. The van der Waals surface area contributed by atoms with Crippen LogP contribution < -0.4 is 19.7 Å². The summed E-state index contributed by atoms with van der Waals surface area (Å²) in [6.45, 7) is 4.72. The summed E-state index contributed by atoms with van der Waals surface area (Å²) in [5.74, 6) is 2.12. The van der Waals surface area contributed by atoms with Gasteiger partial charge in [0, 0.05) is 37.5 Å². The van der Waals surface area contributed by atoms with Crippen LogP contribution in [0.25, 0.3) is 0 Å². The van der Waals surface area contributed by atoms with Gasteiger partial charge in [0.05, 0.1) is 25.0 Å². The number of carbonyl (C=O) groups is 2. The second-order valence-corrected chi connectivity index (χ2v) is 9.69. The van der Waals surface area contributed by atoms with Crippen molar-refractivity contribution in [2.24, 2.45) is 13.0 Å². The Hall–Kier alpha value is -3.99. The van der Waals surface area contributed by atoms with E-state index in [9.17, 15) is 9.59 Å². The molecule has 11 heteroatoms. The monoisotopic (exact) mass is 507 g/mol. The van der Waals surface area contributed by atoms with Crippen molar-refractivity contribution < 1.29 is 19.1 Å². The van der Waals surface area contributed by atoms with Crippen molar-refractivity contribution >= 4 is 23.5 Å². The molecule has 1 aromatic carbocycles. The van der Waals surface area contributed by atoms with Gasteiger partial charge in [-0.1, -0.05) is 0 Å². The van der Waals surface area contributed by atoms with E-state index in [2.05, 4.69) is 20.4 Å². The first-order chi connectivity index (χ1) is 17.7. The number of nitrogens with one attached hydrogen (secondary N) is 1. The summed E-state index contributed by atoms with van der Waals surface area (Å²) in [5, 5.41) is 6.95. The summed E-state index contributed by atoms with van der Waals surface area (Å²) >= 11 is 0. The van der Waals surface area contributed by atoms with E-state index < -0.39 is 0 Å². The fourth-order valence-corrected chi connectivity index (χ4v) is 3.63. The molecule has 1 fully saturated rings. The maximum absolute atomic E-state index is 12.9. The number of anilines is 2. The van der Waals surface area contributed by atoms with Crippen LogP contribution in [0.15, 0.2) is 42.9 Å². The molecular weight excluding hydrogens is 474 g/mol. The first-order valence-corrected chi connectivity index (χ1v) is 12.2. The van der Waals surface area contributed by atoms with E-state index >= 15 is 0 Å². The van der Waals surface area contributed by atoms with E-state index in [1.165, 1.54) is 12.4 Å². The van der Waals surface area contributed by atoms with Gasteiger partial charge in [-0.25, -0.2) is 9.97 Å². The summed E-state index contributed by atoms with van der Waals surface area (Å²) in [4.78, 5) is 38.0. The third-order valence-electron chi connectivity index (χ3n) is 5.47. The third kappa shape index (κ3) is 7.50. The average Bonchev–Trinajstić information content (AvgIpc) is 3.56. The number of aromatic nitrogens is 4.